The molecule has 4 atom stereocenters. The largest absolute Gasteiger partial charge is 0.362 e. The average molecular weight is 210 g/mol. The molecule has 2 aliphatic heterocycles. The molecule has 3 aliphatic rings. The van der Waals surface area contributed by atoms with Crippen LogP contribution in [0.1, 0.15) is 23.3 Å². The molecule has 1 aliphatic carbocycles. The van der Waals surface area contributed by atoms with Crippen molar-refractivity contribution in [1.29, 1.82) is 0 Å². The first kappa shape index (κ1) is 7.82. The summed E-state index contributed by atoms with van der Waals surface area (Å²) in [5.74, 6) is 0. The third-order valence-electron chi connectivity index (χ3n) is 3.97. The fourth-order valence-electron chi connectivity index (χ4n) is 3.11. The summed E-state index contributed by atoms with van der Waals surface area (Å²) in [5.41, 5.74) is 2.73. The van der Waals surface area contributed by atoms with Crippen LogP contribution < -0.4 is 0 Å². The highest BCUT2D eigenvalue weighted by Crippen LogP contribution is 2.61. The maximum absolute atomic E-state index is 5.74. The minimum absolute atomic E-state index is 0.296. The minimum Gasteiger partial charge on any atom is -0.362 e. The standard InChI is InChI=1S/C14H10O2/c1-2-4-8-7(3-1)5-6-9-10(8)12-14(16-12)13-11(9)15-13/h1-6,11-14H/t11-,12-,13-,14-/m1/s1. The lowest BCUT2D eigenvalue weighted by atomic mass is 9.88. The van der Waals surface area contributed by atoms with E-state index in [1.165, 1.54) is 21.9 Å². The van der Waals surface area contributed by atoms with E-state index >= 15 is 0 Å². The SMILES string of the molecule is c1ccc2c3c(ccc2c1)[C@H]1O[C@H]1[C@@H]1O[C@H]31. The van der Waals surface area contributed by atoms with Crippen molar-refractivity contribution in [3.05, 3.63) is 47.5 Å². The molecule has 0 bridgehead atoms. The molecule has 2 heterocycles. The van der Waals surface area contributed by atoms with E-state index in [0.717, 1.165) is 0 Å². The molecule has 2 nitrogen and oxygen atoms in total. The monoisotopic (exact) mass is 210 g/mol. The first-order valence-electron chi connectivity index (χ1n) is 5.76. The Kier molecular flexibility index (Phi) is 1.13. The maximum Gasteiger partial charge on any atom is 0.118 e. The molecule has 0 aromatic heterocycles. The van der Waals surface area contributed by atoms with Gasteiger partial charge >= 0.3 is 0 Å². The summed E-state index contributed by atoms with van der Waals surface area (Å²) in [6.45, 7) is 0. The molecule has 2 saturated heterocycles. The van der Waals surface area contributed by atoms with Crippen molar-refractivity contribution in [2.45, 2.75) is 24.4 Å². The van der Waals surface area contributed by atoms with Gasteiger partial charge in [0.25, 0.3) is 0 Å². The Morgan fingerprint density at radius 1 is 0.812 bits per heavy atom. The second-order valence-corrected chi connectivity index (χ2v) is 4.83. The molecule has 0 N–H and O–H groups in total. The molecule has 2 heteroatoms. The van der Waals surface area contributed by atoms with Crippen molar-refractivity contribution in [2.75, 3.05) is 0 Å². The van der Waals surface area contributed by atoms with Crippen LogP contribution in [0.2, 0.25) is 0 Å². The summed E-state index contributed by atoms with van der Waals surface area (Å²) < 4.78 is 11.4. The Balaban J connectivity index is 1.91. The fraction of sp³-hybridized carbons (Fsp3) is 0.286. The first-order valence-corrected chi connectivity index (χ1v) is 5.76. The zero-order valence-corrected chi connectivity index (χ0v) is 8.59. The van der Waals surface area contributed by atoms with Gasteiger partial charge in [0.15, 0.2) is 0 Å². The maximum atomic E-state index is 5.74. The predicted octanol–water partition coefficient (Wildman–Crippen LogP) is 2.73. The van der Waals surface area contributed by atoms with Crippen LogP contribution >= 0.6 is 0 Å². The normalized spacial score (nSPS) is 37.5. The van der Waals surface area contributed by atoms with Crippen molar-refractivity contribution in [1.82, 2.24) is 0 Å². The van der Waals surface area contributed by atoms with Crippen LogP contribution in [0, 0.1) is 0 Å². The third-order valence-corrected chi connectivity index (χ3v) is 3.97. The van der Waals surface area contributed by atoms with Gasteiger partial charge in [-0.15, -0.1) is 0 Å². The zero-order chi connectivity index (χ0) is 10.3. The molecule has 0 spiro atoms. The lowest BCUT2D eigenvalue weighted by Gasteiger charge is -2.11. The van der Waals surface area contributed by atoms with Gasteiger partial charge in [0.2, 0.25) is 0 Å². The van der Waals surface area contributed by atoms with E-state index in [1.54, 1.807) is 0 Å². The van der Waals surface area contributed by atoms with Gasteiger partial charge in [-0.25, -0.2) is 0 Å². The zero-order valence-electron chi connectivity index (χ0n) is 8.59. The average Bonchev–Trinajstić information content (AvgIpc) is 3.18. The number of hydrogen-bond acceptors (Lipinski definition) is 2. The van der Waals surface area contributed by atoms with Crippen molar-refractivity contribution >= 4 is 10.8 Å². The summed E-state index contributed by atoms with van der Waals surface area (Å²) in [7, 11) is 0. The van der Waals surface area contributed by atoms with Crippen LogP contribution in [0.4, 0.5) is 0 Å². The van der Waals surface area contributed by atoms with Gasteiger partial charge in [-0.1, -0.05) is 36.4 Å². The highest BCUT2D eigenvalue weighted by molar-refractivity contribution is 5.88. The Morgan fingerprint density at radius 3 is 2.62 bits per heavy atom. The van der Waals surface area contributed by atoms with Gasteiger partial charge < -0.3 is 9.47 Å². The molecule has 0 unspecified atom stereocenters. The Morgan fingerprint density at radius 2 is 1.62 bits per heavy atom. The van der Waals surface area contributed by atoms with E-state index in [0.29, 0.717) is 24.4 Å². The Hall–Kier alpha value is -1.38. The molecule has 0 saturated carbocycles. The number of hydrogen-bond donors (Lipinski definition) is 0. The Labute approximate surface area is 92.8 Å². The summed E-state index contributed by atoms with van der Waals surface area (Å²) in [4.78, 5) is 0. The third kappa shape index (κ3) is 0.784. The fourth-order valence-corrected chi connectivity index (χ4v) is 3.11. The van der Waals surface area contributed by atoms with E-state index in [-0.39, 0.29) is 0 Å². The summed E-state index contributed by atoms with van der Waals surface area (Å²) >= 11 is 0. The van der Waals surface area contributed by atoms with Gasteiger partial charge in [-0.2, -0.15) is 0 Å². The van der Waals surface area contributed by atoms with Crippen LogP contribution in [-0.4, -0.2) is 12.2 Å². The predicted molar refractivity (Wildman–Crippen MR) is 59.2 cm³/mol. The van der Waals surface area contributed by atoms with Crippen molar-refractivity contribution in [3.63, 3.8) is 0 Å². The molecule has 2 aromatic carbocycles. The van der Waals surface area contributed by atoms with Crippen LogP contribution in [0.25, 0.3) is 10.8 Å². The quantitative estimate of drug-likeness (QED) is 0.624. The smallest absolute Gasteiger partial charge is 0.118 e. The van der Waals surface area contributed by atoms with Crippen molar-refractivity contribution < 1.29 is 9.47 Å². The molecular weight excluding hydrogens is 200 g/mol. The highest BCUT2D eigenvalue weighted by Gasteiger charge is 2.63. The Bertz CT molecular complexity index is 619. The molecule has 2 aromatic rings. The summed E-state index contributed by atoms with van der Waals surface area (Å²) in [6.07, 6.45) is 1.29. The van der Waals surface area contributed by atoms with Crippen LogP contribution in [0.15, 0.2) is 36.4 Å². The van der Waals surface area contributed by atoms with E-state index in [1.807, 2.05) is 0 Å². The second kappa shape index (κ2) is 2.31. The number of epoxide rings is 2. The molecule has 16 heavy (non-hydrogen) atoms. The van der Waals surface area contributed by atoms with E-state index < -0.39 is 0 Å². The van der Waals surface area contributed by atoms with Gasteiger partial charge in [0.1, 0.15) is 24.4 Å². The summed E-state index contributed by atoms with van der Waals surface area (Å²) in [5, 5.41) is 2.64. The molecule has 5 rings (SSSR count). The highest BCUT2D eigenvalue weighted by atomic mass is 16.7. The molecular formula is C14H10O2. The van der Waals surface area contributed by atoms with Crippen LogP contribution in [-0.2, 0) is 9.47 Å². The van der Waals surface area contributed by atoms with Crippen molar-refractivity contribution in [2.24, 2.45) is 0 Å². The van der Waals surface area contributed by atoms with Gasteiger partial charge in [-0.3, -0.25) is 0 Å². The van der Waals surface area contributed by atoms with E-state index in [9.17, 15) is 0 Å². The lowest BCUT2D eigenvalue weighted by Crippen LogP contribution is -2.08. The number of rotatable bonds is 0. The van der Waals surface area contributed by atoms with E-state index in [2.05, 4.69) is 36.4 Å². The first-order chi connectivity index (χ1) is 7.93. The van der Waals surface area contributed by atoms with E-state index in [4.69, 9.17) is 9.47 Å². The molecule has 0 radical (unpaired) electrons. The van der Waals surface area contributed by atoms with Gasteiger partial charge in [-0.05, 0) is 21.9 Å². The minimum atomic E-state index is 0.296. The number of benzene rings is 2. The topological polar surface area (TPSA) is 25.1 Å². The van der Waals surface area contributed by atoms with Crippen LogP contribution in [0.5, 0.6) is 0 Å². The lowest BCUT2D eigenvalue weighted by molar-refractivity contribution is 0.304. The number of fused-ring (bicyclic) bond motifs is 8. The molecule has 0 amide bonds. The number of ether oxygens (including phenoxy) is 2. The van der Waals surface area contributed by atoms with Crippen LogP contribution in [0.3, 0.4) is 0 Å². The summed E-state index contributed by atoms with van der Waals surface area (Å²) in [6, 6.07) is 12.9. The van der Waals surface area contributed by atoms with Crippen molar-refractivity contribution in [3.8, 4) is 0 Å². The molecule has 2 fully saturated rings. The second-order valence-electron chi connectivity index (χ2n) is 4.83. The van der Waals surface area contributed by atoms with Gasteiger partial charge in [0, 0.05) is 0 Å². The van der Waals surface area contributed by atoms with Gasteiger partial charge in [0.05, 0.1) is 0 Å². The molecule has 78 valence electrons.